The quantitative estimate of drug-likeness (QED) is 0.749. The number of carbonyl (C=O) groups is 1. The lowest BCUT2D eigenvalue weighted by Gasteiger charge is -2.06. The number of rotatable bonds is 4. The monoisotopic (exact) mass is 325 g/mol. The van der Waals surface area contributed by atoms with Crippen LogP contribution in [0.2, 0.25) is 0 Å². The van der Waals surface area contributed by atoms with Gasteiger partial charge in [0.15, 0.2) is 5.82 Å². The number of hydrogen-bond donors (Lipinski definition) is 1. The lowest BCUT2D eigenvalue weighted by molar-refractivity contribution is -0.111. The smallest absolute Gasteiger partial charge is 0.248 e. The molecule has 0 spiro atoms. The number of tetrazole rings is 1. The van der Waals surface area contributed by atoms with Crippen LogP contribution in [0, 0.1) is 13.8 Å². The molecular formula is C16H15N5OS. The van der Waals surface area contributed by atoms with Gasteiger partial charge in [-0.3, -0.25) is 4.79 Å². The summed E-state index contributed by atoms with van der Waals surface area (Å²) in [6.07, 6.45) is 3.34. The summed E-state index contributed by atoms with van der Waals surface area (Å²) in [5.74, 6) is 0.503. The number of hydrogen-bond acceptors (Lipinski definition) is 5. The Labute approximate surface area is 137 Å². The van der Waals surface area contributed by atoms with Crippen LogP contribution in [0.25, 0.3) is 11.8 Å². The van der Waals surface area contributed by atoms with Crippen LogP contribution < -0.4 is 5.32 Å². The maximum atomic E-state index is 12.0. The first-order valence-electron chi connectivity index (χ1n) is 7.03. The third-order valence-corrected chi connectivity index (χ3v) is 4.11. The molecule has 1 aromatic carbocycles. The molecule has 0 saturated carbocycles. The maximum absolute atomic E-state index is 12.0. The zero-order valence-corrected chi connectivity index (χ0v) is 13.5. The Kier molecular flexibility index (Phi) is 4.29. The van der Waals surface area contributed by atoms with Crippen molar-refractivity contribution in [1.29, 1.82) is 0 Å². The van der Waals surface area contributed by atoms with Crippen LogP contribution in [0.5, 0.6) is 0 Å². The molecule has 0 aliphatic carbocycles. The predicted octanol–water partition coefficient (Wildman–Crippen LogP) is 2.99. The van der Waals surface area contributed by atoms with Gasteiger partial charge in [0.05, 0.1) is 5.69 Å². The SMILES string of the molecule is Cc1ccc(/C=C/C(=O)Nc2cccc(-n3nnnc3C)c2)s1. The molecule has 3 rings (SSSR count). The molecule has 116 valence electrons. The van der Waals surface area contributed by atoms with Crippen LogP contribution in [-0.4, -0.2) is 26.1 Å². The normalized spacial score (nSPS) is 11.0. The molecule has 0 fully saturated rings. The number of amides is 1. The van der Waals surface area contributed by atoms with Gasteiger partial charge in [-0.15, -0.1) is 16.4 Å². The lowest BCUT2D eigenvalue weighted by atomic mass is 10.2. The van der Waals surface area contributed by atoms with Gasteiger partial charge in [0, 0.05) is 21.5 Å². The summed E-state index contributed by atoms with van der Waals surface area (Å²) in [4.78, 5) is 14.3. The Bertz CT molecular complexity index is 865. The van der Waals surface area contributed by atoms with Crippen molar-refractivity contribution in [1.82, 2.24) is 20.2 Å². The van der Waals surface area contributed by atoms with Gasteiger partial charge >= 0.3 is 0 Å². The minimum absolute atomic E-state index is 0.179. The molecule has 0 saturated heterocycles. The second-order valence-corrected chi connectivity index (χ2v) is 6.28. The molecule has 0 bridgehead atoms. The van der Waals surface area contributed by atoms with Crippen LogP contribution >= 0.6 is 11.3 Å². The van der Waals surface area contributed by atoms with Crippen LogP contribution in [0.15, 0.2) is 42.5 Å². The van der Waals surface area contributed by atoms with E-state index in [1.165, 1.54) is 11.0 Å². The number of nitrogens with one attached hydrogen (secondary N) is 1. The van der Waals surface area contributed by atoms with Crippen LogP contribution in [0.1, 0.15) is 15.6 Å². The minimum atomic E-state index is -0.179. The number of nitrogens with zero attached hydrogens (tertiary/aromatic N) is 4. The molecule has 2 aromatic heterocycles. The summed E-state index contributed by atoms with van der Waals surface area (Å²) in [5.41, 5.74) is 1.48. The van der Waals surface area contributed by atoms with Gasteiger partial charge in [0.25, 0.3) is 0 Å². The molecule has 0 aliphatic heterocycles. The van der Waals surface area contributed by atoms with Crippen molar-refractivity contribution in [3.05, 3.63) is 58.1 Å². The number of anilines is 1. The van der Waals surface area contributed by atoms with Gasteiger partial charge in [-0.25, -0.2) is 0 Å². The summed E-state index contributed by atoms with van der Waals surface area (Å²) < 4.78 is 1.61. The van der Waals surface area contributed by atoms with Crippen molar-refractivity contribution >= 4 is 29.0 Å². The predicted molar refractivity (Wildman–Crippen MR) is 90.6 cm³/mol. The van der Waals surface area contributed by atoms with Crippen molar-refractivity contribution in [2.24, 2.45) is 0 Å². The molecule has 2 heterocycles. The number of aromatic nitrogens is 4. The molecule has 0 atom stereocenters. The highest BCUT2D eigenvalue weighted by Crippen LogP contribution is 2.17. The van der Waals surface area contributed by atoms with Crippen molar-refractivity contribution in [2.45, 2.75) is 13.8 Å². The third kappa shape index (κ3) is 3.70. The van der Waals surface area contributed by atoms with Crippen LogP contribution in [0.3, 0.4) is 0 Å². The van der Waals surface area contributed by atoms with Crippen molar-refractivity contribution in [3.8, 4) is 5.69 Å². The van der Waals surface area contributed by atoms with E-state index in [4.69, 9.17) is 0 Å². The van der Waals surface area contributed by atoms with E-state index in [0.29, 0.717) is 11.5 Å². The Morgan fingerprint density at radius 2 is 2.13 bits per heavy atom. The Hall–Kier alpha value is -2.80. The van der Waals surface area contributed by atoms with E-state index in [2.05, 4.69) is 20.8 Å². The molecule has 3 aromatic rings. The van der Waals surface area contributed by atoms with Crippen LogP contribution in [-0.2, 0) is 4.79 Å². The topological polar surface area (TPSA) is 72.7 Å². The molecule has 7 heteroatoms. The summed E-state index contributed by atoms with van der Waals surface area (Å²) in [7, 11) is 0. The van der Waals surface area contributed by atoms with E-state index in [-0.39, 0.29) is 5.91 Å². The van der Waals surface area contributed by atoms with Gasteiger partial charge in [0.1, 0.15) is 0 Å². The molecule has 0 radical (unpaired) electrons. The number of aryl methyl sites for hydroxylation is 2. The van der Waals surface area contributed by atoms with Crippen molar-refractivity contribution in [3.63, 3.8) is 0 Å². The van der Waals surface area contributed by atoms with Gasteiger partial charge in [-0.2, -0.15) is 4.68 Å². The second kappa shape index (κ2) is 6.53. The Morgan fingerprint density at radius 3 is 2.83 bits per heavy atom. The van der Waals surface area contributed by atoms with Crippen molar-refractivity contribution < 1.29 is 4.79 Å². The second-order valence-electron chi connectivity index (χ2n) is 4.96. The number of thiophene rings is 1. The third-order valence-electron chi connectivity index (χ3n) is 3.14. The number of benzene rings is 1. The molecular weight excluding hydrogens is 310 g/mol. The zero-order valence-electron chi connectivity index (χ0n) is 12.7. The van der Waals surface area contributed by atoms with Crippen molar-refractivity contribution in [2.75, 3.05) is 5.32 Å². The average molecular weight is 325 g/mol. The Morgan fingerprint density at radius 1 is 1.26 bits per heavy atom. The van der Waals surface area contributed by atoms with E-state index < -0.39 is 0 Å². The molecule has 0 unspecified atom stereocenters. The lowest BCUT2D eigenvalue weighted by Crippen LogP contribution is -2.08. The highest BCUT2D eigenvalue weighted by Gasteiger charge is 2.05. The fourth-order valence-electron chi connectivity index (χ4n) is 2.07. The largest absolute Gasteiger partial charge is 0.322 e. The highest BCUT2D eigenvalue weighted by molar-refractivity contribution is 7.12. The summed E-state index contributed by atoms with van der Waals surface area (Å²) in [6.45, 7) is 3.85. The number of carbonyl (C=O) groups excluding carboxylic acids is 1. The molecule has 6 nitrogen and oxygen atoms in total. The van der Waals surface area contributed by atoms with Gasteiger partial charge in [-0.05, 0) is 60.7 Å². The van der Waals surface area contributed by atoms with E-state index in [1.807, 2.05) is 56.3 Å². The first-order chi connectivity index (χ1) is 11.1. The minimum Gasteiger partial charge on any atom is -0.322 e. The maximum Gasteiger partial charge on any atom is 0.248 e. The van der Waals surface area contributed by atoms with E-state index >= 15 is 0 Å². The van der Waals surface area contributed by atoms with Gasteiger partial charge < -0.3 is 5.32 Å². The first kappa shape index (κ1) is 15.1. The first-order valence-corrected chi connectivity index (χ1v) is 7.84. The average Bonchev–Trinajstić information content (AvgIpc) is 3.14. The molecule has 23 heavy (non-hydrogen) atoms. The molecule has 1 amide bonds. The molecule has 0 aliphatic rings. The standard InChI is InChI=1S/C16H15N5OS/c1-11-6-7-15(23-11)8-9-16(22)17-13-4-3-5-14(10-13)21-12(2)18-19-20-21/h3-10H,1-2H3,(H,17,22)/b9-8+. The fourth-order valence-corrected chi connectivity index (χ4v) is 2.85. The van der Waals surface area contributed by atoms with E-state index in [1.54, 1.807) is 16.0 Å². The van der Waals surface area contributed by atoms with E-state index in [9.17, 15) is 4.79 Å². The van der Waals surface area contributed by atoms with E-state index in [0.717, 1.165) is 10.6 Å². The highest BCUT2D eigenvalue weighted by atomic mass is 32.1. The summed E-state index contributed by atoms with van der Waals surface area (Å²) >= 11 is 1.65. The Balaban J connectivity index is 1.72. The van der Waals surface area contributed by atoms with Crippen LogP contribution in [0.4, 0.5) is 5.69 Å². The molecule has 1 N–H and O–H groups in total. The van der Waals surface area contributed by atoms with Gasteiger partial charge in [0.2, 0.25) is 5.91 Å². The zero-order chi connectivity index (χ0) is 16.2. The fraction of sp³-hybridized carbons (Fsp3) is 0.125. The van der Waals surface area contributed by atoms with Gasteiger partial charge in [-0.1, -0.05) is 6.07 Å². The summed E-state index contributed by atoms with van der Waals surface area (Å²) in [5, 5.41) is 14.2. The summed E-state index contributed by atoms with van der Waals surface area (Å²) in [6, 6.07) is 11.4.